The zero-order chi connectivity index (χ0) is 19.9. The number of hydrogen-bond donors (Lipinski definition) is 2. The van der Waals surface area contributed by atoms with E-state index in [1.165, 1.54) is 18.2 Å². The van der Waals surface area contributed by atoms with E-state index in [4.69, 9.17) is 0 Å². The van der Waals surface area contributed by atoms with E-state index in [9.17, 15) is 19.7 Å². The molecule has 0 bridgehead atoms. The quantitative estimate of drug-likeness (QED) is 0.368. The van der Waals surface area contributed by atoms with Crippen LogP contribution in [0.2, 0.25) is 0 Å². The fourth-order valence-corrected chi connectivity index (χ4v) is 2.53. The molecule has 3 aromatic rings. The lowest BCUT2D eigenvalue weighted by molar-refractivity contribution is -0.384. The van der Waals surface area contributed by atoms with E-state index in [0.29, 0.717) is 11.4 Å². The number of para-hydroxylation sites is 3. The first-order chi connectivity index (χ1) is 13.6. The maximum atomic E-state index is 12.3. The molecule has 0 aliphatic carbocycles. The van der Waals surface area contributed by atoms with Crippen molar-refractivity contribution in [3.8, 4) is 5.69 Å². The summed E-state index contributed by atoms with van der Waals surface area (Å²) in [5.74, 6) is -0.450. The lowest BCUT2D eigenvalue weighted by Crippen LogP contribution is -2.32. The van der Waals surface area contributed by atoms with Gasteiger partial charge < -0.3 is 10.6 Å². The van der Waals surface area contributed by atoms with Gasteiger partial charge in [0.1, 0.15) is 11.4 Å². The molecule has 9 heteroatoms. The van der Waals surface area contributed by atoms with Crippen LogP contribution in [0, 0.1) is 10.1 Å². The summed E-state index contributed by atoms with van der Waals surface area (Å²) in [6.07, 6.45) is 0. The number of nitrogens with one attached hydrogen (secondary N) is 2. The van der Waals surface area contributed by atoms with Crippen LogP contribution >= 0.6 is 0 Å². The molecule has 28 heavy (non-hydrogen) atoms. The Morgan fingerprint density at radius 2 is 1.71 bits per heavy atom. The van der Waals surface area contributed by atoms with E-state index in [1.54, 1.807) is 42.5 Å². The first-order valence-electron chi connectivity index (χ1n) is 8.47. The molecule has 0 aliphatic rings. The lowest BCUT2D eigenvalue weighted by Gasteiger charge is -2.09. The summed E-state index contributed by atoms with van der Waals surface area (Å²) in [6, 6.07) is 17.7. The predicted octanol–water partition coefficient (Wildman–Crippen LogP) is 1.98. The van der Waals surface area contributed by atoms with Gasteiger partial charge in [-0.15, -0.1) is 0 Å². The van der Waals surface area contributed by atoms with Gasteiger partial charge in [-0.05, 0) is 24.3 Å². The van der Waals surface area contributed by atoms with Gasteiger partial charge >= 0.3 is 0 Å². The number of rotatable bonds is 7. The number of benzene rings is 2. The Morgan fingerprint density at radius 3 is 2.46 bits per heavy atom. The molecule has 1 aromatic heterocycles. The Kier molecular flexibility index (Phi) is 5.75. The molecule has 0 saturated heterocycles. The molecule has 2 aromatic carbocycles. The highest BCUT2D eigenvalue weighted by Crippen LogP contribution is 2.22. The Labute approximate surface area is 159 Å². The number of nitro groups is 1. The number of anilines is 1. The Balaban J connectivity index is 1.62. The summed E-state index contributed by atoms with van der Waals surface area (Å²) in [4.78, 5) is 34.8. The third-order valence-corrected chi connectivity index (χ3v) is 3.86. The highest BCUT2D eigenvalue weighted by molar-refractivity contribution is 5.92. The monoisotopic (exact) mass is 379 g/mol. The Bertz CT molecular complexity index is 1050. The first-order valence-corrected chi connectivity index (χ1v) is 8.47. The summed E-state index contributed by atoms with van der Waals surface area (Å²) in [6.45, 7) is 0.506. The third kappa shape index (κ3) is 4.39. The van der Waals surface area contributed by atoms with Gasteiger partial charge in [0, 0.05) is 25.2 Å². The maximum absolute atomic E-state index is 12.3. The summed E-state index contributed by atoms with van der Waals surface area (Å²) in [5, 5.41) is 20.7. The molecule has 0 aliphatic heterocycles. The smallest absolute Gasteiger partial charge is 0.292 e. The highest BCUT2D eigenvalue weighted by Gasteiger charge is 2.12. The van der Waals surface area contributed by atoms with Crippen LogP contribution in [-0.2, 0) is 0 Å². The van der Waals surface area contributed by atoms with Crippen molar-refractivity contribution in [1.82, 2.24) is 15.1 Å². The Morgan fingerprint density at radius 1 is 1.00 bits per heavy atom. The van der Waals surface area contributed by atoms with Gasteiger partial charge in [0.15, 0.2) is 0 Å². The van der Waals surface area contributed by atoms with Crippen LogP contribution in [0.4, 0.5) is 11.4 Å². The largest absolute Gasteiger partial charge is 0.378 e. The van der Waals surface area contributed by atoms with Gasteiger partial charge in [0.2, 0.25) is 0 Å². The van der Waals surface area contributed by atoms with E-state index < -0.39 is 10.8 Å². The summed E-state index contributed by atoms with van der Waals surface area (Å²) in [7, 11) is 0. The molecular weight excluding hydrogens is 362 g/mol. The van der Waals surface area contributed by atoms with Crippen LogP contribution in [0.5, 0.6) is 0 Å². The number of nitro benzene ring substituents is 1. The second kappa shape index (κ2) is 8.58. The molecule has 142 valence electrons. The second-order valence-electron chi connectivity index (χ2n) is 5.76. The number of aromatic nitrogens is 2. The molecule has 3 rings (SSSR count). The number of hydrogen-bond acceptors (Lipinski definition) is 6. The topological polar surface area (TPSA) is 119 Å². The molecule has 0 spiro atoms. The maximum Gasteiger partial charge on any atom is 0.292 e. The lowest BCUT2D eigenvalue weighted by atomic mass is 10.2. The van der Waals surface area contributed by atoms with Crippen molar-refractivity contribution >= 4 is 17.3 Å². The van der Waals surface area contributed by atoms with Crippen LogP contribution in [0.1, 0.15) is 10.5 Å². The van der Waals surface area contributed by atoms with Gasteiger partial charge in [-0.2, -0.15) is 9.78 Å². The Hall–Kier alpha value is -4.01. The van der Waals surface area contributed by atoms with Crippen LogP contribution < -0.4 is 16.2 Å². The van der Waals surface area contributed by atoms with E-state index in [2.05, 4.69) is 15.7 Å². The highest BCUT2D eigenvalue weighted by atomic mass is 16.6. The van der Waals surface area contributed by atoms with E-state index in [1.807, 2.05) is 6.07 Å². The number of nitrogens with zero attached hydrogens (tertiary/aromatic N) is 3. The summed E-state index contributed by atoms with van der Waals surface area (Å²) < 4.78 is 1.15. The van der Waals surface area contributed by atoms with Crippen molar-refractivity contribution in [1.29, 1.82) is 0 Å². The molecule has 1 heterocycles. The third-order valence-electron chi connectivity index (χ3n) is 3.86. The molecule has 9 nitrogen and oxygen atoms in total. The molecule has 1 amide bonds. The molecular formula is C19H17N5O4. The number of amides is 1. The van der Waals surface area contributed by atoms with Gasteiger partial charge in [-0.25, -0.2) is 0 Å². The van der Waals surface area contributed by atoms with Crippen molar-refractivity contribution in [3.63, 3.8) is 0 Å². The average Bonchev–Trinajstić information content (AvgIpc) is 2.72. The zero-order valence-corrected chi connectivity index (χ0v) is 14.7. The molecule has 0 unspecified atom stereocenters. The molecule has 0 atom stereocenters. The number of carbonyl (C=O) groups is 1. The van der Waals surface area contributed by atoms with Gasteiger partial charge in [0.25, 0.3) is 17.2 Å². The van der Waals surface area contributed by atoms with Crippen molar-refractivity contribution in [2.24, 2.45) is 0 Å². The molecule has 0 fully saturated rings. The van der Waals surface area contributed by atoms with Crippen LogP contribution in [0.3, 0.4) is 0 Å². The standard InChI is InChI=1S/C19H17N5O4/c25-18-11-10-16(22-23(18)14-6-2-1-3-7-14)19(26)21-13-12-20-15-8-4-5-9-17(15)24(27)28/h1-11,20H,12-13H2,(H,21,26). The van der Waals surface area contributed by atoms with Crippen LogP contribution in [0.25, 0.3) is 5.69 Å². The predicted molar refractivity (Wildman–Crippen MR) is 104 cm³/mol. The summed E-state index contributed by atoms with van der Waals surface area (Å²) >= 11 is 0. The molecule has 0 saturated carbocycles. The fraction of sp³-hybridized carbons (Fsp3) is 0.105. The minimum atomic E-state index is -0.475. The zero-order valence-electron chi connectivity index (χ0n) is 14.7. The minimum absolute atomic E-state index is 0.0366. The summed E-state index contributed by atoms with van der Waals surface area (Å²) in [5.41, 5.74) is 0.637. The van der Waals surface area contributed by atoms with Gasteiger partial charge in [-0.3, -0.25) is 19.7 Å². The van der Waals surface area contributed by atoms with E-state index in [-0.39, 0.29) is 30.0 Å². The van der Waals surface area contributed by atoms with E-state index >= 15 is 0 Å². The number of carbonyl (C=O) groups excluding carboxylic acids is 1. The van der Waals surface area contributed by atoms with Gasteiger partial charge in [-0.1, -0.05) is 30.3 Å². The van der Waals surface area contributed by atoms with E-state index in [0.717, 1.165) is 4.68 Å². The average molecular weight is 379 g/mol. The molecule has 2 N–H and O–H groups in total. The molecule has 0 radical (unpaired) electrons. The van der Waals surface area contributed by atoms with Crippen molar-refractivity contribution in [2.75, 3.05) is 18.4 Å². The van der Waals surface area contributed by atoms with Gasteiger partial charge in [0.05, 0.1) is 10.6 Å². The normalized spacial score (nSPS) is 10.3. The minimum Gasteiger partial charge on any atom is -0.378 e. The first kappa shape index (κ1) is 18.8. The SMILES string of the molecule is O=C(NCCNc1ccccc1[N+](=O)[O-])c1ccc(=O)n(-c2ccccc2)n1. The fourth-order valence-electron chi connectivity index (χ4n) is 2.53. The van der Waals surface area contributed by atoms with Crippen LogP contribution in [-0.4, -0.2) is 33.7 Å². The van der Waals surface area contributed by atoms with Crippen molar-refractivity contribution in [3.05, 3.63) is 92.9 Å². The van der Waals surface area contributed by atoms with Crippen molar-refractivity contribution in [2.45, 2.75) is 0 Å². The second-order valence-corrected chi connectivity index (χ2v) is 5.76. The van der Waals surface area contributed by atoms with Crippen LogP contribution in [0.15, 0.2) is 71.5 Å². The van der Waals surface area contributed by atoms with Crippen molar-refractivity contribution < 1.29 is 9.72 Å².